The van der Waals surface area contributed by atoms with Gasteiger partial charge in [0.15, 0.2) is 5.58 Å². The summed E-state index contributed by atoms with van der Waals surface area (Å²) in [6, 6.07) is 50.0. The van der Waals surface area contributed by atoms with Crippen molar-refractivity contribution in [1.82, 2.24) is 4.98 Å². The predicted octanol–water partition coefficient (Wildman–Crippen LogP) is 12.1. The molecule has 0 saturated carbocycles. The van der Waals surface area contributed by atoms with Crippen molar-refractivity contribution >= 4 is 85.9 Å². The molecule has 0 aliphatic heterocycles. The molecule has 0 spiro atoms. The SMILES string of the molecule is c1ccc2c(c1)oc1c(-c3ccc(-c4ccc5c6ccccc6c6ccccc6c5c4)cc3)nc3c4ccccc4sc3c12. The Bertz CT molecular complexity index is 2730. The van der Waals surface area contributed by atoms with Gasteiger partial charge in [-0.15, -0.1) is 11.3 Å². The highest BCUT2D eigenvalue weighted by molar-refractivity contribution is 7.26. The van der Waals surface area contributed by atoms with Gasteiger partial charge in [0.1, 0.15) is 11.3 Å². The van der Waals surface area contributed by atoms with E-state index in [0.29, 0.717) is 0 Å². The third-order valence-corrected chi connectivity index (χ3v) is 10.2. The summed E-state index contributed by atoms with van der Waals surface area (Å²) in [7, 11) is 0. The van der Waals surface area contributed by atoms with E-state index in [1.54, 1.807) is 11.3 Å². The molecule has 0 amide bonds. The molecule has 0 atom stereocenters. The Labute approximate surface area is 256 Å². The Kier molecular flexibility index (Phi) is 4.90. The number of furan rings is 1. The van der Waals surface area contributed by atoms with Gasteiger partial charge < -0.3 is 4.42 Å². The van der Waals surface area contributed by atoms with Gasteiger partial charge in [-0.3, -0.25) is 0 Å². The molecule has 204 valence electrons. The molecular weight excluding hydrogens is 555 g/mol. The van der Waals surface area contributed by atoms with Gasteiger partial charge in [0.25, 0.3) is 0 Å². The van der Waals surface area contributed by atoms with Crippen LogP contribution in [0.5, 0.6) is 0 Å². The molecule has 0 aliphatic carbocycles. The third-order valence-electron chi connectivity index (χ3n) is 9.07. The summed E-state index contributed by atoms with van der Waals surface area (Å²) in [6.45, 7) is 0. The van der Waals surface area contributed by atoms with E-state index < -0.39 is 0 Å². The molecule has 44 heavy (non-hydrogen) atoms. The summed E-state index contributed by atoms with van der Waals surface area (Å²) in [5, 5.41) is 11.2. The maximum Gasteiger partial charge on any atom is 0.163 e. The van der Waals surface area contributed by atoms with E-state index in [4.69, 9.17) is 9.40 Å². The Morgan fingerprint density at radius 3 is 1.73 bits per heavy atom. The van der Waals surface area contributed by atoms with Crippen LogP contribution in [-0.4, -0.2) is 4.98 Å². The molecule has 0 fully saturated rings. The number of para-hydroxylation sites is 1. The lowest BCUT2D eigenvalue weighted by molar-refractivity contribution is 0.669. The highest BCUT2D eigenvalue weighted by atomic mass is 32.1. The van der Waals surface area contributed by atoms with E-state index in [-0.39, 0.29) is 0 Å². The number of aromatic nitrogens is 1. The summed E-state index contributed by atoms with van der Waals surface area (Å²) < 4.78 is 8.95. The number of hydrogen-bond donors (Lipinski definition) is 0. The minimum atomic E-state index is 0.849. The van der Waals surface area contributed by atoms with Crippen molar-refractivity contribution in [2.24, 2.45) is 0 Å². The van der Waals surface area contributed by atoms with E-state index >= 15 is 0 Å². The van der Waals surface area contributed by atoms with Crippen LogP contribution in [-0.2, 0) is 0 Å². The van der Waals surface area contributed by atoms with E-state index in [1.165, 1.54) is 58.2 Å². The van der Waals surface area contributed by atoms with Gasteiger partial charge in [-0.1, -0.05) is 121 Å². The van der Waals surface area contributed by atoms with Crippen LogP contribution in [0.3, 0.4) is 0 Å². The number of thiophene rings is 1. The lowest BCUT2D eigenvalue weighted by Gasteiger charge is -2.12. The molecule has 0 bridgehead atoms. The zero-order valence-corrected chi connectivity index (χ0v) is 24.4. The van der Waals surface area contributed by atoms with Crippen LogP contribution < -0.4 is 0 Å². The monoisotopic (exact) mass is 577 g/mol. The van der Waals surface area contributed by atoms with Crippen LogP contribution in [0, 0.1) is 0 Å². The molecule has 3 heterocycles. The summed E-state index contributed by atoms with van der Waals surface area (Å²) in [5.41, 5.74) is 7.09. The van der Waals surface area contributed by atoms with Crippen molar-refractivity contribution in [1.29, 1.82) is 0 Å². The molecule has 0 saturated heterocycles. The van der Waals surface area contributed by atoms with Gasteiger partial charge in [0.05, 0.1) is 10.2 Å². The minimum absolute atomic E-state index is 0.849. The van der Waals surface area contributed by atoms with Crippen molar-refractivity contribution < 1.29 is 4.42 Å². The van der Waals surface area contributed by atoms with Gasteiger partial charge in [-0.25, -0.2) is 4.98 Å². The summed E-state index contributed by atoms with van der Waals surface area (Å²) in [6.07, 6.45) is 0. The van der Waals surface area contributed by atoms with Crippen LogP contribution in [0.4, 0.5) is 0 Å². The van der Waals surface area contributed by atoms with E-state index in [2.05, 4.69) is 127 Å². The van der Waals surface area contributed by atoms with E-state index in [0.717, 1.165) is 38.7 Å². The highest BCUT2D eigenvalue weighted by Crippen LogP contribution is 2.45. The van der Waals surface area contributed by atoms with Gasteiger partial charge in [-0.05, 0) is 61.6 Å². The lowest BCUT2D eigenvalue weighted by Crippen LogP contribution is -1.87. The van der Waals surface area contributed by atoms with Crippen LogP contribution in [0.15, 0.2) is 144 Å². The zero-order valence-electron chi connectivity index (χ0n) is 23.5. The summed E-state index contributed by atoms with van der Waals surface area (Å²) in [5.74, 6) is 0. The van der Waals surface area contributed by atoms with Gasteiger partial charge in [-0.2, -0.15) is 0 Å². The predicted molar refractivity (Wildman–Crippen MR) is 188 cm³/mol. The van der Waals surface area contributed by atoms with Gasteiger partial charge in [0, 0.05) is 26.4 Å². The first kappa shape index (κ1) is 24.0. The normalized spacial score (nSPS) is 12.1. The minimum Gasteiger partial charge on any atom is -0.454 e. The zero-order chi connectivity index (χ0) is 28.8. The van der Waals surface area contributed by atoms with Crippen molar-refractivity contribution in [3.63, 3.8) is 0 Å². The van der Waals surface area contributed by atoms with Gasteiger partial charge >= 0.3 is 0 Å². The topological polar surface area (TPSA) is 26.0 Å². The molecule has 10 aromatic rings. The third kappa shape index (κ3) is 3.33. The number of nitrogens with zero attached hydrogens (tertiary/aromatic N) is 1. The molecule has 3 aromatic heterocycles. The number of hydrogen-bond acceptors (Lipinski definition) is 3. The largest absolute Gasteiger partial charge is 0.454 e. The quantitative estimate of drug-likeness (QED) is 0.191. The fourth-order valence-corrected chi connectivity index (χ4v) is 8.21. The smallest absolute Gasteiger partial charge is 0.163 e. The van der Waals surface area contributed by atoms with E-state index in [1.807, 2.05) is 12.1 Å². The number of benzene rings is 7. The Hall–Kier alpha value is -5.51. The molecule has 0 radical (unpaired) electrons. The molecule has 0 aliphatic rings. The molecule has 10 rings (SSSR count). The number of pyridine rings is 1. The molecule has 2 nitrogen and oxygen atoms in total. The summed E-state index contributed by atoms with van der Waals surface area (Å²) in [4.78, 5) is 5.28. The van der Waals surface area contributed by atoms with Crippen molar-refractivity contribution in [2.75, 3.05) is 0 Å². The molecule has 0 N–H and O–H groups in total. The average molecular weight is 578 g/mol. The Balaban J connectivity index is 1.17. The average Bonchev–Trinajstić information content (AvgIpc) is 3.67. The highest BCUT2D eigenvalue weighted by Gasteiger charge is 2.20. The van der Waals surface area contributed by atoms with Crippen LogP contribution >= 0.6 is 11.3 Å². The first-order valence-corrected chi connectivity index (χ1v) is 15.7. The van der Waals surface area contributed by atoms with Crippen molar-refractivity contribution in [3.05, 3.63) is 140 Å². The lowest BCUT2D eigenvalue weighted by atomic mass is 9.92. The first-order valence-electron chi connectivity index (χ1n) is 14.9. The summed E-state index contributed by atoms with van der Waals surface area (Å²) >= 11 is 1.79. The number of rotatable bonds is 2. The molecule has 7 aromatic carbocycles. The van der Waals surface area contributed by atoms with E-state index in [9.17, 15) is 0 Å². The molecule has 3 heteroatoms. The Morgan fingerprint density at radius 1 is 0.455 bits per heavy atom. The second-order valence-corrected chi connectivity index (χ2v) is 12.5. The standard InChI is InChI=1S/C41H23NOS/c1-2-11-29-27(9-1)28-10-3-4-12-30(28)34-23-26(21-22-31(29)34)24-17-19-25(20-18-24)38-40-37(32-13-5-7-15-35(32)43-40)41-39(42-38)33-14-6-8-16-36(33)44-41/h1-23H. The fraction of sp³-hybridized carbons (Fsp3) is 0. The van der Waals surface area contributed by atoms with Crippen LogP contribution in [0.2, 0.25) is 0 Å². The second-order valence-electron chi connectivity index (χ2n) is 11.5. The number of fused-ring (bicyclic) bond motifs is 13. The Morgan fingerprint density at radius 2 is 1.00 bits per heavy atom. The van der Waals surface area contributed by atoms with Crippen molar-refractivity contribution in [3.8, 4) is 22.4 Å². The maximum atomic E-state index is 6.53. The van der Waals surface area contributed by atoms with Crippen LogP contribution in [0.1, 0.15) is 0 Å². The molecule has 0 unspecified atom stereocenters. The maximum absolute atomic E-state index is 6.53. The fourth-order valence-electron chi connectivity index (χ4n) is 7.02. The molecular formula is C41H23NOS. The second kappa shape index (κ2) is 9.00. The van der Waals surface area contributed by atoms with Crippen LogP contribution in [0.25, 0.3) is 96.9 Å². The first-order chi connectivity index (χ1) is 21.8. The van der Waals surface area contributed by atoms with Gasteiger partial charge in [0.2, 0.25) is 0 Å². The van der Waals surface area contributed by atoms with Crippen molar-refractivity contribution in [2.45, 2.75) is 0 Å².